The summed E-state index contributed by atoms with van der Waals surface area (Å²) in [5.41, 5.74) is -0.0997. The number of carboxylic acid groups (broad SMARTS) is 1. The molecule has 86 valence electrons. The summed E-state index contributed by atoms with van der Waals surface area (Å²) in [5.74, 6) is -0.450. The molecule has 4 nitrogen and oxygen atoms in total. The highest BCUT2D eigenvalue weighted by molar-refractivity contribution is 5.80. The van der Waals surface area contributed by atoms with Crippen LogP contribution in [0.1, 0.15) is 18.9 Å². The topological polar surface area (TPSA) is 59.4 Å². The van der Waals surface area contributed by atoms with Crippen LogP contribution in [0.15, 0.2) is 24.5 Å². The second-order valence-corrected chi connectivity index (χ2v) is 4.49. The summed E-state index contributed by atoms with van der Waals surface area (Å²) in [7, 11) is 0. The van der Waals surface area contributed by atoms with Crippen LogP contribution in [0.4, 0.5) is 0 Å². The Bertz CT molecular complexity index is 375. The van der Waals surface area contributed by atoms with Crippen LogP contribution < -0.4 is 0 Å². The Morgan fingerprint density at radius 1 is 1.69 bits per heavy atom. The molecule has 1 N–H and O–H groups in total. The van der Waals surface area contributed by atoms with Gasteiger partial charge in [0.05, 0.1) is 18.6 Å². The van der Waals surface area contributed by atoms with Crippen LogP contribution >= 0.6 is 0 Å². The van der Waals surface area contributed by atoms with E-state index in [2.05, 4.69) is 4.98 Å². The smallest absolute Gasteiger partial charge is 0.313 e. The lowest BCUT2D eigenvalue weighted by molar-refractivity contribution is -0.145. The quantitative estimate of drug-likeness (QED) is 0.836. The number of aromatic nitrogens is 1. The summed E-state index contributed by atoms with van der Waals surface area (Å²) in [6.45, 7) is 3.09. The van der Waals surface area contributed by atoms with Crippen molar-refractivity contribution in [3.05, 3.63) is 30.1 Å². The molecule has 1 fully saturated rings. The highest BCUT2D eigenvalue weighted by atomic mass is 16.5. The minimum absolute atomic E-state index is 0.348. The van der Waals surface area contributed by atoms with E-state index in [1.807, 2.05) is 6.07 Å². The Kier molecular flexibility index (Phi) is 2.92. The lowest BCUT2D eigenvalue weighted by atomic mass is 9.75. The maximum Gasteiger partial charge on any atom is 0.313 e. The van der Waals surface area contributed by atoms with Gasteiger partial charge in [0, 0.05) is 18.3 Å². The molecule has 1 saturated heterocycles. The highest BCUT2D eigenvalue weighted by Gasteiger charge is 2.39. The number of ether oxygens (including phenoxy) is 1. The van der Waals surface area contributed by atoms with Crippen molar-refractivity contribution >= 4 is 5.97 Å². The number of pyridine rings is 1. The summed E-state index contributed by atoms with van der Waals surface area (Å²) in [6.07, 6.45) is 3.89. The summed E-state index contributed by atoms with van der Waals surface area (Å²) < 4.78 is 5.09. The third kappa shape index (κ3) is 1.93. The van der Waals surface area contributed by atoms with E-state index >= 15 is 0 Å². The molecule has 0 radical (unpaired) electrons. The Morgan fingerprint density at radius 2 is 2.44 bits per heavy atom. The fraction of sp³-hybridized carbons (Fsp3) is 0.500. The van der Waals surface area contributed by atoms with Crippen LogP contribution in [0.25, 0.3) is 0 Å². The molecule has 2 rings (SSSR count). The van der Waals surface area contributed by atoms with Crippen LogP contribution in [-0.2, 0) is 14.9 Å². The fourth-order valence-electron chi connectivity index (χ4n) is 2.00. The molecule has 0 aliphatic carbocycles. The van der Waals surface area contributed by atoms with E-state index in [-0.39, 0.29) is 0 Å². The maximum atomic E-state index is 11.4. The van der Waals surface area contributed by atoms with Crippen LogP contribution in [0.2, 0.25) is 0 Å². The van der Waals surface area contributed by atoms with Gasteiger partial charge in [-0.2, -0.15) is 0 Å². The van der Waals surface area contributed by atoms with Gasteiger partial charge in [-0.1, -0.05) is 6.07 Å². The number of carbonyl (C=O) groups is 1. The first-order valence-electron chi connectivity index (χ1n) is 5.34. The normalized spacial score (nSPS) is 19.8. The standard InChI is InChI=1S/C12H15NO3/c1-12(11(14)15,5-9-7-16-8-9)10-3-2-4-13-6-10/h2-4,6,9H,5,7-8H2,1H3,(H,14,15). The SMILES string of the molecule is CC(CC1COC1)(C(=O)O)c1cccnc1. The Hall–Kier alpha value is -1.42. The lowest BCUT2D eigenvalue weighted by Gasteiger charge is -2.34. The van der Waals surface area contributed by atoms with Crippen LogP contribution in [-0.4, -0.2) is 29.3 Å². The number of aliphatic carboxylic acids is 1. The second kappa shape index (κ2) is 4.22. The monoisotopic (exact) mass is 221 g/mol. The van der Waals surface area contributed by atoms with E-state index in [0.29, 0.717) is 25.6 Å². The maximum absolute atomic E-state index is 11.4. The molecule has 1 aliphatic rings. The summed E-state index contributed by atoms with van der Waals surface area (Å²) in [5, 5.41) is 9.39. The molecule has 0 aromatic carbocycles. The molecule has 16 heavy (non-hydrogen) atoms. The van der Waals surface area contributed by atoms with Crippen LogP contribution in [0.5, 0.6) is 0 Å². The van der Waals surface area contributed by atoms with Crippen molar-refractivity contribution in [1.29, 1.82) is 0 Å². The fourth-order valence-corrected chi connectivity index (χ4v) is 2.00. The van der Waals surface area contributed by atoms with E-state index in [9.17, 15) is 9.90 Å². The molecule has 1 unspecified atom stereocenters. The first kappa shape index (κ1) is 11.1. The van der Waals surface area contributed by atoms with Crippen molar-refractivity contribution in [2.45, 2.75) is 18.8 Å². The van der Waals surface area contributed by atoms with Gasteiger partial charge in [0.15, 0.2) is 0 Å². The highest BCUT2D eigenvalue weighted by Crippen LogP contribution is 2.33. The van der Waals surface area contributed by atoms with Gasteiger partial charge in [-0.05, 0) is 25.0 Å². The largest absolute Gasteiger partial charge is 0.481 e. The van der Waals surface area contributed by atoms with Crippen molar-refractivity contribution in [1.82, 2.24) is 4.98 Å². The van der Waals surface area contributed by atoms with Gasteiger partial charge < -0.3 is 9.84 Å². The van der Waals surface area contributed by atoms with Gasteiger partial charge in [-0.25, -0.2) is 0 Å². The van der Waals surface area contributed by atoms with Gasteiger partial charge in [-0.15, -0.1) is 0 Å². The van der Waals surface area contributed by atoms with Crippen molar-refractivity contribution in [2.75, 3.05) is 13.2 Å². The van der Waals surface area contributed by atoms with E-state index in [1.165, 1.54) is 0 Å². The average molecular weight is 221 g/mol. The molecule has 0 saturated carbocycles. The predicted octanol–water partition coefficient (Wildman–Crippen LogP) is 1.46. The third-order valence-corrected chi connectivity index (χ3v) is 3.17. The Morgan fingerprint density at radius 3 is 2.88 bits per heavy atom. The third-order valence-electron chi connectivity index (χ3n) is 3.17. The van der Waals surface area contributed by atoms with Crippen molar-refractivity contribution in [3.8, 4) is 0 Å². The lowest BCUT2D eigenvalue weighted by Crippen LogP contribution is -2.40. The van der Waals surface area contributed by atoms with Crippen molar-refractivity contribution in [3.63, 3.8) is 0 Å². The first-order chi connectivity index (χ1) is 7.63. The average Bonchev–Trinajstić information content (AvgIpc) is 2.24. The second-order valence-electron chi connectivity index (χ2n) is 4.49. The Labute approximate surface area is 94.3 Å². The zero-order chi connectivity index (χ0) is 11.6. The van der Waals surface area contributed by atoms with Crippen LogP contribution in [0.3, 0.4) is 0 Å². The molecule has 2 heterocycles. The molecule has 0 spiro atoms. The molecular formula is C12H15NO3. The molecule has 1 aromatic rings. The van der Waals surface area contributed by atoms with E-state index in [0.717, 1.165) is 5.56 Å². The summed E-state index contributed by atoms with van der Waals surface area (Å²) >= 11 is 0. The zero-order valence-electron chi connectivity index (χ0n) is 9.22. The number of hydrogen-bond donors (Lipinski definition) is 1. The summed E-state index contributed by atoms with van der Waals surface area (Å²) in [6, 6.07) is 3.59. The van der Waals surface area contributed by atoms with Crippen molar-refractivity contribution < 1.29 is 14.6 Å². The molecule has 4 heteroatoms. The molecule has 1 atom stereocenters. The number of rotatable bonds is 4. The van der Waals surface area contributed by atoms with Crippen molar-refractivity contribution in [2.24, 2.45) is 5.92 Å². The Balaban J connectivity index is 2.24. The molecule has 0 amide bonds. The molecule has 1 aliphatic heterocycles. The van der Waals surface area contributed by atoms with Gasteiger partial charge >= 0.3 is 5.97 Å². The van der Waals surface area contributed by atoms with Gasteiger partial charge in [-0.3, -0.25) is 9.78 Å². The number of carboxylic acids is 1. The van der Waals surface area contributed by atoms with Gasteiger partial charge in [0.2, 0.25) is 0 Å². The first-order valence-corrected chi connectivity index (χ1v) is 5.34. The van der Waals surface area contributed by atoms with E-state index in [4.69, 9.17) is 4.74 Å². The number of nitrogens with zero attached hydrogens (tertiary/aromatic N) is 1. The summed E-state index contributed by atoms with van der Waals surface area (Å²) in [4.78, 5) is 15.4. The minimum atomic E-state index is -0.858. The number of hydrogen-bond acceptors (Lipinski definition) is 3. The molecule has 1 aromatic heterocycles. The minimum Gasteiger partial charge on any atom is -0.481 e. The van der Waals surface area contributed by atoms with E-state index in [1.54, 1.807) is 25.4 Å². The van der Waals surface area contributed by atoms with Crippen LogP contribution in [0, 0.1) is 5.92 Å². The van der Waals surface area contributed by atoms with E-state index < -0.39 is 11.4 Å². The zero-order valence-corrected chi connectivity index (χ0v) is 9.22. The van der Waals surface area contributed by atoms with Gasteiger partial charge in [0.1, 0.15) is 0 Å². The van der Waals surface area contributed by atoms with Gasteiger partial charge in [0.25, 0.3) is 0 Å². The molecule has 0 bridgehead atoms. The predicted molar refractivity (Wildman–Crippen MR) is 58.2 cm³/mol. The molecular weight excluding hydrogens is 206 g/mol.